The van der Waals surface area contributed by atoms with Crippen molar-refractivity contribution in [2.75, 3.05) is 27.4 Å². The minimum absolute atomic E-state index is 0.151. The van der Waals surface area contributed by atoms with Gasteiger partial charge in [0.15, 0.2) is 18.1 Å². The molecule has 0 N–H and O–H groups in total. The van der Waals surface area contributed by atoms with Crippen LogP contribution in [0.15, 0.2) is 48.5 Å². The Labute approximate surface area is 163 Å². The molecule has 0 saturated carbocycles. The quantitative estimate of drug-likeness (QED) is 0.617. The lowest BCUT2D eigenvalue weighted by atomic mass is 10.1. The smallest absolute Gasteiger partial charge is 0.310 e. The SMILES string of the molecule is COC(=O)C(C)CN(Cc1ccc(F)cc1)C(=O)COc1ccccc1OC. The van der Waals surface area contributed by atoms with Gasteiger partial charge >= 0.3 is 5.97 Å². The van der Waals surface area contributed by atoms with Crippen LogP contribution in [0.5, 0.6) is 11.5 Å². The van der Waals surface area contributed by atoms with E-state index < -0.39 is 11.9 Å². The Morgan fingerprint density at radius 3 is 2.29 bits per heavy atom. The highest BCUT2D eigenvalue weighted by Crippen LogP contribution is 2.25. The van der Waals surface area contributed by atoms with Gasteiger partial charge in [-0.15, -0.1) is 0 Å². The monoisotopic (exact) mass is 389 g/mol. The van der Waals surface area contributed by atoms with Crippen LogP contribution in [0.25, 0.3) is 0 Å². The van der Waals surface area contributed by atoms with Gasteiger partial charge in [0, 0.05) is 13.1 Å². The van der Waals surface area contributed by atoms with Crippen molar-refractivity contribution in [2.45, 2.75) is 13.5 Å². The number of carbonyl (C=O) groups is 2. The maximum Gasteiger partial charge on any atom is 0.310 e. The Morgan fingerprint density at radius 2 is 1.68 bits per heavy atom. The molecule has 150 valence electrons. The van der Waals surface area contributed by atoms with Crippen molar-refractivity contribution in [1.29, 1.82) is 0 Å². The highest BCUT2D eigenvalue weighted by atomic mass is 19.1. The van der Waals surface area contributed by atoms with Crippen LogP contribution < -0.4 is 9.47 Å². The second-order valence-electron chi connectivity index (χ2n) is 6.26. The third-order valence-corrected chi connectivity index (χ3v) is 4.16. The van der Waals surface area contributed by atoms with E-state index in [4.69, 9.17) is 14.2 Å². The summed E-state index contributed by atoms with van der Waals surface area (Å²) in [5.41, 5.74) is 0.740. The van der Waals surface area contributed by atoms with Gasteiger partial charge in [-0.25, -0.2) is 4.39 Å². The molecular formula is C21H24FNO5. The van der Waals surface area contributed by atoms with E-state index in [1.807, 2.05) is 0 Å². The molecule has 28 heavy (non-hydrogen) atoms. The minimum atomic E-state index is -0.513. The summed E-state index contributed by atoms with van der Waals surface area (Å²) in [5, 5.41) is 0. The van der Waals surface area contributed by atoms with Crippen molar-refractivity contribution in [2.24, 2.45) is 5.92 Å². The summed E-state index contributed by atoms with van der Waals surface area (Å²) in [7, 11) is 2.82. The molecule has 0 aromatic heterocycles. The summed E-state index contributed by atoms with van der Waals surface area (Å²) in [5.74, 6) is -0.636. The summed E-state index contributed by atoms with van der Waals surface area (Å²) in [4.78, 5) is 26.0. The Kier molecular flexibility index (Phi) is 7.80. The Hall–Kier alpha value is -3.09. The second-order valence-corrected chi connectivity index (χ2v) is 6.26. The molecular weight excluding hydrogens is 365 g/mol. The highest BCUT2D eigenvalue weighted by molar-refractivity contribution is 5.79. The van der Waals surface area contributed by atoms with Crippen LogP contribution in [-0.4, -0.2) is 44.1 Å². The molecule has 1 amide bonds. The number of esters is 1. The van der Waals surface area contributed by atoms with Crippen molar-refractivity contribution in [3.63, 3.8) is 0 Å². The number of para-hydroxylation sites is 2. The first kappa shape index (κ1) is 21.2. The van der Waals surface area contributed by atoms with E-state index in [1.54, 1.807) is 43.3 Å². The van der Waals surface area contributed by atoms with Crippen LogP contribution in [-0.2, 0) is 20.9 Å². The van der Waals surface area contributed by atoms with Gasteiger partial charge in [0.2, 0.25) is 0 Å². The number of halogens is 1. The summed E-state index contributed by atoms with van der Waals surface area (Å²) in [6.07, 6.45) is 0. The topological polar surface area (TPSA) is 65.1 Å². The maximum absolute atomic E-state index is 13.2. The van der Waals surface area contributed by atoms with Crippen molar-refractivity contribution in [3.05, 3.63) is 59.9 Å². The zero-order valence-electron chi connectivity index (χ0n) is 16.2. The fraction of sp³-hybridized carbons (Fsp3) is 0.333. The first-order valence-corrected chi connectivity index (χ1v) is 8.80. The molecule has 2 aromatic rings. The molecule has 7 heteroatoms. The number of ether oxygens (including phenoxy) is 3. The molecule has 0 saturated heterocycles. The maximum atomic E-state index is 13.2. The Morgan fingerprint density at radius 1 is 1.04 bits per heavy atom. The molecule has 0 spiro atoms. The van der Waals surface area contributed by atoms with Gasteiger partial charge in [-0.3, -0.25) is 9.59 Å². The van der Waals surface area contributed by atoms with Crippen LogP contribution in [0.1, 0.15) is 12.5 Å². The fourth-order valence-corrected chi connectivity index (χ4v) is 2.64. The molecule has 2 aromatic carbocycles. The van der Waals surface area contributed by atoms with Gasteiger partial charge in [0.05, 0.1) is 20.1 Å². The number of carbonyl (C=O) groups excluding carboxylic acids is 2. The van der Waals surface area contributed by atoms with E-state index in [2.05, 4.69) is 0 Å². The van der Waals surface area contributed by atoms with E-state index in [-0.39, 0.29) is 31.4 Å². The molecule has 0 fully saturated rings. The number of hydrogen-bond acceptors (Lipinski definition) is 5. The largest absolute Gasteiger partial charge is 0.493 e. The van der Waals surface area contributed by atoms with Gasteiger partial charge in [-0.1, -0.05) is 31.2 Å². The van der Waals surface area contributed by atoms with Gasteiger partial charge in [0.1, 0.15) is 5.82 Å². The first-order chi connectivity index (χ1) is 13.4. The summed E-state index contributed by atoms with van der Waals surface area (Å²) in [6.45, 7) is 1.82. The standard InChI is InChI=1S/C21H24FNO5/c1-15(21(25)27-3)12-23(13-16-8-10-17(22)11-9-16)20(24)14-28-19-7-5-4-6-18(19)26-2/h4-11,15H,12-14H2,1-3H3. The number of nitrogens with zero attached hydrogens (tertiary/aromatic N) is 1. The van der Waals surface area contributed by atoms with E-state index in [9.17, 15) is 14.0 Å². The van der Waals surface area contributed by atoms with Crippen LogP contribution >= 0.6 is 0 Å². The van der Waals surface area contributed by atoms with Crippen molar-refractivity contribution in [3.8, 4) is 11.5 Å². The Balaban J connectivity index is 2.10. The highest BCUT2D eigenvalue weighted by Gasteiger charge is 2.22. The molecule has 0 aliphatic rings. The van der Waals surface area contributed by atoms with Crippen molar-refractivity contribution >= 4 is 11.9 Å². The van der Waals surface area contributed by atoms with Crippen molar-refractivity contribution in [1.82, 2.24) is 4.90 Å². The van der Waals surface area contributed by atoms with E-state index in [1.165, 1.54) is 31.3 Å². The van der Waals surface area contributed by atoms with Crippen LogP contribution in [0.4, 0.5) is 4.39 Å². The predicted molar refractivity (Wildman–Crippen MR) is 101 cm³/mol. The number of hydrogen-bond donors (Lipinski definition) is 0. The molecule has 0 radical (unpaired) electrons. The third kappa shape index (κ3) is 5.97. The average Bonchev–Trinajstić information content (AvgIpc) is 2.72. The van der Waals surface area contributed by atoms with Gasteiger partial charge in [-0.05, 0) is 29.8 Å². The minimum Gasteiger partial charge on any atom is -0.493 e. The number of benzene rings is 2. The first-order valence-electron chi connectivity index (χ1n) is 8.80. The fourth-order valence-electron chi connectivity index (χ4n) is 2.64. The number of amides is 1. The lowest BCUT2D eigenvalue weighted by molar-refractivity contribution is -0.147. The van der Waals surface area contributed by atoms with Gasteiger partial charge in [-0.2, -0.15) is 0 Å². The van der Waals surface area contributed by atoms with Gasteiger partial charge in [0.25, 0.3) is 5.91 Å². The van der Waals surface area contributed by atoms with Crippen molar-refractivity contribution < 1.29 is 28.2 Å². The molecule has 1 atom stereocenters. The van der Waals surface area contributed by atoms with E-state index in [0.29, 0.717) is 11.5 Å². The molecule has 2 rings (SSSR count). The summed E-state index contributed by atoms with van der Waals surface area (Å²) < 4.78 is 28.7. The number of methoxy groups -OCH3 is 2. The zero-order valence-corrected chi connectivity index (χ0v) is 16.2. The molecule has 0 bridgehead atoms. The lowest BCUT2D eigenvalue weighted by Crippen LogP contribution is -2.39. The molecule has 0 aliphatic carbocycles. The van der Waals surface area contributed by atoms with E-state index in [0.717, 1.165) is 5.56 Å². The Bertz CT molecular complexity index is 794. The van der Waals surface area contributed by atoms with E-state index >= 15 is 0 Å². The summed E-state index contributed by atoms with van der Waals surface area (Å²) >= 11 is 0. The van der Waals surface area contributed by atoms with Gasteiger partial charge < -0.3 is 19.1 Å². The molecule has 0 heterocycles. The second kappa shape index (κ2) is 10.3. The molecule has 6 nitrogen and oxygen atoms in total. The van der Waals surface area contributed by atoms with Crippen LogP contribution in [0.3, 0.4) is 0 Å². The normalized spacial score (nSPS) is 11.4. The molecule has 0 aliphatic heterocycles. The third-order valence-electron chi connectivity index (χ3n) is 4.16. The average molecular weight is 389 g/mol. The van der Waals surface area contributed by atoms with Crippen LogP contribution in [0.2, 0.25) is 0 Å². The zero-order chi connectivity index (χ0) is 20.5. The molecule has 1 unspecified atom stereocenters. The lowest BCUT2D eigenvalue weighted by Gasteiger charge is -2.25. The predicted octanol–water partition coefficient (Wildman–Crippen LogP) is 3.05. The number of rotatable bonds is 9. The van der Waals surface area contributed by atoms with Crippen LogP contribution in [0, 0.1) is 11.7 Å². The summed E-state index contributed by atoms with van der Waals surface area (Å²) in [6, 6.07) is 12.9.